The summed E-state index contributed by atoms with van der Waals surface area (Å²) in [6.07, 6.45) is 0.441. The molecule has 0 aliphatic carbocycles. The van der Waals surface area contributed by atoms with Gasteiger partial charge in [0.25, 0.3) is 5.91 Å². The number of anilines is 1. The third-order valence-electron chi connectivity index (χ3n) is 4.15. The molecule has 1 atom stereocenters. The predicted octanol–water partition coefficient (Wildman–Crippen LogP) is 2.51. The van der Waals surface area contributed by atoms with Crippen LogP contribution < -0.4 is 10.2 Å². The average molecular weight is 342 g/mol. The SMILES string of the molecule is COCc1cccc(C(=O)NC2CCN(c3ccccc3F)C2=O)c1. The van der Waals surface area contributed by atoms with Gasteiger partial charge in [-0.1, -0.05) is 24.3 Å². The van der Waals surface area contributed by atoms with Gasteiger partial charge in [0.2, 0.25) is 5.91 Å². The standard InChI is InChI=1S/C19H19FN2O3/c1-25-12-13-5-4-6-14(11-13)18(23)21-16-9-10-22(19(16)24)17-8-3-2-7-15(17)20/h2-8,11,16H,9-10,12H2,1H3,(H,21,23). The van der Waals surface area contributed by atoms with Crippen LogP contribution in [0.3, 0.4) is 0 Å². The van der Waals surface area contributed by atoms with E-state index in [-0.39, 0.29) is 17.5 Å². The van der Waals surface area contributed by atoms with Crippen LogP contribution in [0.25, 0.3) is 0 Å². The molecule has 0 spiro atoms. The summed E-state index contributed by atoms with van der Waals surface area (Å²) in [7, 11) is 1.58. The molecule has 1 unspecified atom stereocenters. The summed E-state index contributed by atoms with van der Waals surface area (Å²) in [5.74, 6) is -1.08. The summed E-state index contributed by atoms with van der Waals surface area (Å²) in [6.45, 7) is 0.777. The molecule has 1 aliphatic rings. The van der Waals surface area contributed by atoms with Crippen LogP contribution in [0.5, 0.6) is 0 Å². The van der Waals surface area contributed by atoms with Crippen molar-refractivity contribution < 1.29 is 18.7 Å². The maximum absolute atomic E-state index is 13.9. The third-order valence-corrected chi connectivity index (χ3v) is 4.15. The van der Waals surface area contributed by atoms with Gasteiger partial charge in [0.05, 0.1) is 12.3 Å². The van der Waals surface area contributed by atoms with E-state index in [0.29, 0.717) is 25.1 Å². The van der Waals surface area contributed by atoms with Gasteiger partial charge in [-0.15, -0.1) is 0 Å². The fourth-order valence-corrected chi connectivity index (χ4v) is 2.93. The van der Waals surface area contributed by atoms with E-state index in [2.05, 4.69) is 5.32 Å². The Morgan fingerprint density at radius 2 is 2.08 bits per heavy atom. The number of benzene rings is 2. The predicted molar refractivity (Wildman–Crippen MR) is 91.8 cm³/mol. The fraction of sp³-hybridized carbons (Fsp3) is 0.263. The Kier molecular flexibility index (Phi) is 5.09. The highest BCUT2D eigenvalue weighted by Crippen LogP contribution is 2.24. The highest BCUT2D eigenvalue weighted by molar-refractivity contribution is 6.04. The first-order valence-corrected chi connectivity index (χ1v) is 8.05. The van der Waals surface area contributed by atoms with Gasteiger partial charge in [-0.05, 0) is 36.2 Å². The minimum atomic E-state index is -0.654. The zero-order chi connectivity index (χ0) is 17.8. The van der Waals surface area contributed by atoms with Gasteiger partial charge < -0.3 is 15.0 Å². The molecule has 0 bridgehead atoms. The lowest BCUT2D eigenvalue weighted by molar-refractivity contribution is -0.118. The van der Waals surface area contributed by atoms with Gasteiger partial charge in [-0.2, -0.15) is 0 Å². The van der Waals surface area contributed by atoms with Crippen molar-refractivity contribution >= 4 is 17.5 Å². The summed E-state index contributed by atoms with van der Waals surface area (Å²) in [5.41, 5.74) is 1.58. The molecule has 0 saturated carbocycles. The number of hydrogen-bond donors (Lipinski definition) is 1. The van der Waals surface area contributed by atoms with Crippen LogP contribution in [0.1, 0.15) is 22.3 Å². The number of amides is 2. The van der Waals surface area contributed by atoms with E-state index in [0.717, 1.165) is 5.56 Å². The summed E-state index contributed by atoms with van der Waals surface area (Å²) >= 11 is 0. The minimum Gasteiger partial charge on any atom is -0.380 e. The first kappa shape index (κ1) is 17.1. The zero-order valence-corrected chi connectivity index (χ0v) is 13.9. The number of ether oxygens (including phenoxy) is 1. The van der Waals surface area contributed by atoms with Gasteiger partial charge in [-0.3, -0.25) is 9.59 Å². The summed E-state index contributed by atoms with van der Waals surface area (Å²) < 4.78 is 19.0. The van der Waals surface area contributed by atoms with Crippen molar-refractivity contribution in [3.05, 3.63) is 65.5 Å². The quantitative estimate of drug-likeness (QED) is 0.908. The van der Waals surface area contributed by atoms with Crippen LogP contribution in [0, 0.1) is 5.82 Å². The summed E-state index contributed by atoms with van der Waals surface area (Å²) in [4.78, 5) is 26.3. The van der Waals surface area contributed by atoms with E-state index in [4.69, 9.17) is 4.74 Å². The molecule has 1 heterocycles. The molecular weight excluding hydrogens is 323 g/mol. The minimum absolute atomic E-state index is 0.242. The normalized spacial score (nSPS) is 17.0. The van der Waals surface area contributed by atoms with Crippen LogP contribution in [0.15, 0.2) is 48.5 Å². The second-order valence-electron chi connectivity index (χ2n) is 5.89. The Bertz CT molecular complexity index is 794. The van der Waals surface area contributed by atoms with Crippen LogP contribution in [-0.2, 0) is 16.1 Å². The van der Waals surface area contributed by atoms with Crippen LogP contribution >= 0.6 is 0 Å². The molecule has 2 aromatic carbocycles. The molecule has 5 nitrogen and oxygen atoms in total. The molecular formula is C19H19FN2O3. The topological polar surface area (TPSA) is 58.6 Å². The smallest absolute Gasteiger partial charge is 0.251 e. The number of nitrogens with zero attached hydrogens (tertiary/aromatic N) is 1. The Morgan fingerprint density at radius 3 is 2.84 bits per heavy atom. The van der Waals surface area contributed by atoms with Crippen LogP contribution in [0.2, 0.25) is 0 Å². The monoisotopic (exact) mass is 342 g/mol. The molecule has 130 valence electrons. The number of carbonyl (C=O) groups excluding carboxylic acids is 2. The first-order valence-electron chi connectivity index (χ1n) is 8.05. The third kappa shape index (κ3) is 3.69. The number of rotatable bonds is 5. The second kappa shape index (κ2) is 7.44. The van der Waals surface area contributed by atoms with Crippen molar-refractivity contribution in [1.29, 1.82) is 0 Å². The Hall–Kier alpha value is -2.73. The molecule has 0 aromatic heterocycles. The maximum Gasteiger partial charge on any atom is 0.251 e. The number of methoxy groups -OCH3 is 1. The van der Waals surface area contributed by atoms with Gasteiger partial charge >= 0.3 is 0 Å². The fourth-order valence-electron chi connectivity index (χ4n) is 2.93. The first-order chi connectivity index (χ1) is 12.1. The Balaban J connectivity index is 1.70. The lowest BCUT2D eigenvalue weighted by Gasteiger charge is -2.18. The number of carbonyl (C=O) groups is 2. The lowest BCUT2D eigenvalue weighted by atomic mass is 10.1. The van der Waals surface area contributed by atoms with E-state index in [1.807, 2.05) is 6.07 Å². The van der Waals surface area contributed by atoms with Crippen molar-refractivity contribution in [2.45, 2.75) is 19.1 Å². The van der Waals surface area contributed by atoms with E-state index >= 15 is 0 Å². The largest absolute Gasteiger partial charge is 0.380 e. The lowest BCUT2D eigenvalue weighted by Crippen LogP contribution is -2.41. The van der Waals surface area contributed by atoms with Crippen LogP contribution in [0.4, 0.5) is 10.1 Å². The highest BCUT2D eigenvalue weighted by Gasteiger charge is 2.34. The van der Waals surface area contributed by atoms with Gasteiger partial charge in [0.15, 0.2) is 0 Å². The molecule has 0 radical (unpaired) electrons. The van der Waals surface area contributed by atoms with E-state index < -0.39 is 11.9 Å². The summed E-state index contributed by atoms with van der Waals surface area (Å²) in [6, 6.07) is 12.5. The van der Waals surface area contributed by atoms with E-state index in [9.17, 15) is 14.0 Å². The molecule has 2 aromatic rings. The Labute approximate surface area is 145 Å². The molecule has 1 fully saturated rings. The number of hydrogen-bond acceptors (Lipinski definition) is 3. The van der Waals surface area contributed by atoms with Crippen molar-refractivity contribution in [2.75, 3.05) is 18.6 Å². The Morgan fingerprint density at radius 1 is 1.28 bits per heavy atom. The van der Waals surface area contributed by atoms with Gasteiger partial charge in [0.1, 0.15) is 11.9 Å². The molecule has 6 heteroatoms. The number of nitrogens with one attached hydrogen (secondary N) is 1. The van der Waals surface area contributed by atoms with Gasteiger partial charge in [-0.25, -0.2) is 4.39 Å². The van der Waals surface area contributed by atoms with Crippen molar-refractivity contribution in [1.82, 2.24) is 5.32 Å². The molecule has 3 rings (SSSR count). The maximum atomic E-state index is 13.9. The molecule has 25 heavy (non-hydrogen) atoms. The second-order valence-corrected chi connectivity index (χ2v) is 5.89. The molecule has 1 aliphatic heterocycles. The zero-order valence-electron chi connectivity index (χ0n) is 13.9. The summed E-state index contributed by atoms with van der Waals surface area (Å²) in [5, 5.41) is 2.74. The van der Waals surface area contributed by atoms with E-state index in [1.165, 1.54) is 11.0 Å². The van der Waals surface area contributed by atoms with Crippen LogP contribution in [-0.4, -0.2) is 31.5 Å². The van der Waals surface area contributed by atoms with Gasteiger partial charge in [0, 0.05) is 19.2 Å². The number of halogens is 1. The average Bonchev–Trinajstić information content (AvgIpc) is 2.96. The van der Waals surface area contributed by atoms with Crippen molar-refractivity contribution in [3.8, 4) is 0 Å². The van der Waals surface area contributed by atoms with Crippen molar-refractivity contribution in [3.63, 3.8) is 0 Å². The highest BCUT2D eigenvalue weighted by atomic mass is 19.1. The molecule has 1 N–H and O–H groups in total. The molecule has 1 saturated heterocycles. The molecule has 2 amide bonds. The van der Waals surface area contributed by atoms with Crippen molar-refractivity contribution in [2.24, 2.45) is 0 Å². The van der Waals surface area contributed by atoms with E-state index in [1.54, 1.807) is 43.5 Å². The number of para-hydroxylation sites is 1.